The molecule has 1 amide bonds. The van der Waals surface area contributed by atoms with Crippen LogP contribution in [0, 0.1) is 0 Å². The van der Waals surface area contributed by atoms with Gasteiger partial charge >= 0.3 is 0 Å². The second kappa shape index (κ2) is 10.6. The summed E-state index contributed by atoms with van der Waals surface area (Å²) in [7, 11) is 0. The van der Waals surface area contributed by atoms with Gasteiger partial charge in [-0.25, -0.2) is 0 Å². The molecule has 0 unspecified atom stereocenters. The van der Waals surface area contributed by atoms with Gasteiger partial charge in [0.1, 0.15) is 11.3 Å². The SMILES string of the molecule is CCCCOc1ccc([C@H]2c3c(oc4ccccc4c3=O)C(=O)N2CCCN2CCOCC2)cc1. The van der Waals surface area contributed by atoms with Crippen molar-refractivity contribution in [3.8, 4) is 5.75 Å². The Kier molecular flexibility index (Phi) is 7.16. The van der Waals surface area contributed by atoms with Crippen LogP contribution in [0.4, 0.5) is 0 Å². The lowest BCUT2D eigenvalue weighted by Gasteiger charge is -2.29. The van der Waals surface area contributed by atoms with Crippen molar-refractivity contribution in [1.29, 1.82) is 0 Å². The van der Waals surface area contributed by atoms with Gasteiger partial charge in [-0.15, -0.1) is 0 Å². The fourth-order valence-electron chi connectivity index (χ4n) is 4.91. The highest BCUT2D eigenvalue weighted by Crippen LogP contribution is 2.38. The number of hydrogen-bond donors (Lipinski definition) is 0. The maximum absolute atomic E-state index is 13.6. The van der Waals surface area contributed by atoms with Crippen LogP contribution < -0.4 is 10.2 Å². The van der Waals surface area contributed by atoms with Gasteiger partial charge in [0.15, 0.2) is 5.43 Å². The fourth-order valence-corrected chi connectivity index (χ4v) is 4.91. The second-order valence-corrected chi connectivity index (χ2v) is 9.15. The Morgan fingerprint density at radius 3 is 2.51 bits per heavy atom. The van der Waals surface area contributed by atoms with E-state index in [1.165, 1.54) is 0 Å². The Morgan fingerprint density at radius 2 is 1.74 bits per heavy atom. The molecule has 184 valence electrons. The Labute approximate surface area is 205 Å². The zero-order valence-electron chi connectivity index (χ0n) is 20.2. The average molecular weight is 477 g/mol. The Hall–Kier alpha value is -3.16. The molecule has 3 aromatic rings. The molecule has 0 bridgehead atoms. The standard InChI is InChI=1S/C28H32N2O5/c1-2-3-17-34-21-11-9-20(10-12-21)25-24-26(31)22-7-4-5-8-23(22)35-27(24)28(32)30(25)14-6-13-29-15-18-33-19-16-29/h4-5,7-12,25H,2-3,6,13-19H2,1H3/t25-/m0/s1. The summed E-state index contributed by atoms with van der Waals surface area (Å²) in [6.07, 6.45) is 2.88. The number of nitrogens with zero attached hydrogens (tertiary/aromatic N) is 2. The molecular formula is C28H32N2O5. The normalized spacial score (nSPS) is 18.3. The molecule has 0 radical (unpaired) electrons. The van der Waals surface area contributed by atoms with E-state index in [0.717, 1.165) is 63.4 Å². The number of carbonyl (C=O) groups is 1. The highest BCUT2D eigenvalue weighted by molar-refractivity contribution is 5.99. The predicted octanol–water partition coefficient (Wildman–Crippen LogP) is 4.24. The first kappa shape index (κ1) is 23.6. The van der Waals surface area contributed by atoms with Crippen LogP contribution in [0.2, 0.25) is 0 Å². The molecule has 7 nitrogen and oxygen atoms in total. The van der Waals surface area contributed by atoms with E-state index in [9.17, 15) is 9.59 Å². The van der Waals surface area contributed by atoms with Gasteiger partial charge in [-0.05, 0) is 42.7 Å². The summed E-state index contributed by atoms with van der Waals surface area (Å²) in [5, 5.41) is 0.499. The molecule has 2 aliphatic heterocycles. The maximum atomic E-state index is 13.6. The van der Waals surface area contributed by atoms with Crippen molar-refractivity contribution in [1.82, 2.24) is 9.80 Å². The highest BCUT2D eigenvalue weighted by atomic mass is 16.5. The molecule has 1 atom stereocenters. The van der Waals surface area contributed by atoms with Gasteiger partial charge in [0.05, 0.1) is 36.8 Å². The first-order chi connectivity index (χ1) is 17.2. The maximum Gasteiger partial charge on any atom is 0.290 e. The number of para-hydroxylation sites is 1. The molecule has 0 spiro atoms. The number of ether oxygens (including phenoxy) is 2. The summed E-state index contributed by atoms with van der Waals surface area (Å²) in [5.74, 6) is 0.725. The van der Waals surface area contributed by atoms with E-state index >= 15 is 0 Å². The van der Waals surface area contributed by atoms with Gasteiger partial charge in [0.25, 0.3) is 5.91 Å². The molecular weight excluding hydrogens is 444 g/mol. The first-order valence-electron chi connectivity index (χ1n) is 12.6. The third-order valence-electron chi connectivity index (χ3n) is 6.81. The smallest absolute Gasteiger partial charge is 0.290 e. The summed E-state index contributed by atoms with van der Waals surface area (Å²) in [6, 6.07) is 14.4. The summed E-state index contributed by atoms with van der Waals surface area (Å²) in [6.45, 7) is 7.51. The minimum Gasteiger partial charge on any atom is -0.494 e. The van der Waals surface area contributed by atoms with Crippen LogP contribution in [0.15, 0.2) is 57.7 Å². The van der Waals surface area contributed by atoms with E-state index in [1.807, 2.05) is 36.4 Å². The minimum atomic E-state index is -0.479. The van der Waals surface area contributed by atoms with Crippen LogP contribution in [0.5, 0.6) is 5.75 Å². The molecule has 0 saturated carbocycles. The second-order valence-electron chi connectivity index (χ2n) is 9.15. The molecule has 2 aliphatic rings. The highest BCUT2D eigenvalue weighted by Gasteiger charge is 2.42. The largest absolute Gasteiger partial charge is 0.494 e. The van der Waals surface area contributed by atoms with E-state index in [2.05, 4.69) is 11.8 Å². The molecule has 35 heavy (non-hydrogen) atoms. The van der Waals surface area contributed by atoms with Crippen molar-refractivity contribution in [2.75, 3.05) is 46.0 Å². The number of morpholine rings is 1. The van der Waals surface area contributed by atoms with Gasteiger partial charge in [-0.1, -0.05) is 37.6 Å². The third kappa shape index (κ3) is 4.83. The molecule has 5 rings (SSSR count). The van der Waals surface area contributed by atoms with Crippen LogP contribution in [-0.2, 0) is 4.74 Å². The van der Waals surface area contributed by atoms with Crippen molar-refractivity contribution < 1.29 is 18.7 Å². The zero-order chi connectivity index (χ0) is 24.2. The van der Waals surface area contributed by atoms with Crippen molar-refractivity contribution in [2.45, 2.75) is 32.2 Å². The number of amides is 1. The molecule has 1 aromatic heterocycles. The number of carbonyl (C=O) groups excluding carboxylic acids is 1. The molecule has 0 aliphatic carbocycles. The predicted molar refractivity (Wildman–Crippen MR) is 134 cm³/mol. The molecule has 1 fully saturated rings. The van der Waals surface area contributed by atoms with Gasteiger partial charge in [0, 0.05) is 26.2 Å². The zero-order valence-corrected chi connectivity index (χ0v) is 20.2. The quantitative estimate of drug-likeness (QED) is 0.430. The molecule has 7 heteroatoms. The number of hydrogen-bond acceptors (Lipinski definition) is 6. The Morgan fingerprint density at radius 1 is 0.971 bits per heavy atom. The van der Waals surface area contributed by atoms with E-state index in [1.54, 1.807) is 17.0 Å². The third-order valence-corrected chi connectivity index (χ3v) is 6.81. The van der Waals surface area contributed by atoms with Crippen molar-refractivity contribution in [3.05, 3.63) is 75.6 Å². The molecule has 3 heterocycles. The lowest BCUT2D eigenvalue weighted by Crippen LogP contribution is -2.38. The van der Waals surface area contributed by atoms with E-state index in [-0.39, 0.29) is 17.1 Å². The van der Waals surface area contributed by atoms with Crippen LogP contribution in [0.25, 0.3) is 11.0 Å². The number of fused-ring (bicyclic) bond motifs is 2. The van der Waals surface area contributed by atoms with E-state index < -0.39 is 6.04 Å². The van der Waals surface area contributed by atoms with Gasteiger partial charge in [-0.2, -0.15) is 0 Å². The van der Waals surface area contributed by atoms with Crippen LogP contribution in [0.1, 0.15) is 53.9 Å². The van der Waals surface area contributed by atoms with Crippen molar-refractivity contribution in [2.24, 2.45) is 0 Å². The molecule has 0 N–H and O–H groups in total. The summed E-state index contributed by atoms with van der Waals surface area (Å²) in [4.78, 5) is 31.3. The summed E-state index contributed by atoms with van der Waals surface area (Å²) < 4.78 is 17.3. The van der Waals surface area contributed by atoms with E-state index in [0.29, 0.717) is 29.7 Å². The van der Waals surface area contributed by atoms with Crippen LogP contribution in [0.3, 0.4) is 0 Å². The molecule has 1 saturated heterocycles. The Balaban J connectivity index is 1.46. The molecule has 2 aromatic carbocycles. The van der Waals surface area contributed by atoms with Crippen LogP contribution >= 0.6 is 0 Å². The fraction of sp³-hybridized carbons (Fsp3) is 0.429. The Bertz CT molecular complexity index is 1230. The van der Waals surface area contributed by atoms with Crippen molar-refractivity contribution >= 4 is 16.9 Å². The van der Waals surface area contributed by atoms with E-state index in [4.69, 9.17) is 13.9 Å². The minimum absolute atomic E-state index is 0.140. The van der Waals surface area contributed by atoms with Crippen molar-refractivity contribution in [3.63, 3.8) is 0 Å². The van der Waals surface area contributed by atoms with Gasteiger partial charge in [-0.3, -0.25) is 14.5 Å². The average Bonchev–Trinajstić information content (AvgIpc) is 3.17. The van der Waals surface area contributed by atoms with Gasteiger partial charge in [0.2, 0.25) is 5.76 Å². The first-order valence-corrected chi connectivity index (χ1v) is 12.6. The number of rotatable bonds is 9. The topological polar surface area (TPSA) is 72.2 Å². The lowest BCUT2D eigenvalue weighted by molar-refractivity contribution is 0.0353. The number of benzene rings is 2. The monoisotopic (exact) mass is 476 g/mol. The summed E-state index contributed by atoms with van der Waals surface area (Å²) >= 11 is 0. The van der Waals surface area contributed by atoms with Crippen LogP contribution in [-0.4, -0.2) is 61.7 Å². The summed E-state index contributed by atoms with van der Waals surface area (Å²) in [5.41, 5.74) is 1.62. The van der Waals surface area contributed by atoms with Gasteiger partial charge < -0.3 is 18.8 Å². The number of unbranched alkanes of at least 4 members (excludes halogenated alkanes) is 1. The lowest BCUT2D eigenvalue weighted by atomic mass is 9.98.